The number of aromatic nitrogens is 1. The van der Waals surface area contributed by atoms with Gasteiger partial charge in [-0.2, -0.15) is 0 Å². The Morgan fingerprint density at radius 3 is 2.42 bits per heavy atom. The first-order valence-corrected chi connectivity index (χ1v) is 11.2. The third kappa shape index (κ3) is 3.63. The topological polar surface area (TPSA) is 85.7 Å². The lowest BCUT2D eigenvalue weighted by atomic mass is 10.1. The minimum Gasteiger partial charge on any atom is -0.447 e. The highest BCUT2D eigenvalue weighted by atomic mass is 32.2. The molecular formula is C23H22N2O5S. The fourth-order valence-corrected chi connectivity index (χ4v) is 5.82. The van der Waals surface area contributed by atoms with Crippen LogP contribution in [0.2, 0.25) is 0 Å². The van der Waals surface area contributed by atoms with Crippen LogP contribution in [-0.2, 0) is 19.6 Å². The van der Waals surface area contributed by atoms with E-state index in [9.17, 15) is 18.0 Å². The number of rotatable bonds is 4. The molecule has 8 heteroatoms. The van der Waals surface area contributed by atoms with Gasteiger partial charge in [-0.1, -0.05) is 35.9 Å². The van der Waals surface area contributed by atoms with Crippen molar-refractivity contribution in [1.82, 2.24) is 8.87 Å². The second-order valence-electron chi connectivity index (χ2n) is 7.57. The lowest BCUT2D eigenvalue weighted by Gasteiger charge is -2.14. The van der Waals surface area contributed by atoms with Gasteiger partial charge in [0.05, 0.1) is 17.0 Å². The summed E-state index contributed by atoms with van der Waals surface area (Å²) in [7, 11) is -3.87. The smallest absolute Gasteiger partial charge is 0.416 e. The van der Waals surface area contributed by atoms with Crippen molar-refractivity contribution in [2.24, 2.45) is 0 Å². The number of nitrogens with zero attached hydrogens (tertiary/aromatic N) is 2. The molecule has 0 aliphatic carbocycles. The Labute approximate surface area is 180 Å². The first kappa shape index (κ1) is 20.9. The predicted molar refractivity (Wildman–Crippen MR) is 117 cm³/mol. The number of benzene rings is 2. The van der Waals surface area contributed by atoms with E-state index < -0.39 is 22.0 Å². The Morgan fingerprint density at radius 1 is 1.10 bits per heavy atom. The zero-order valence-corrected chi connectivity index (χ0v) is 18.3. The largest absolute Gasteiger partial charge is 0.447 e. The summed E-state index contributed by atoms with van der Waals surface area (Å²) >= 11 is 0. The first-order chi connectivity index (χ1) is 14.7. The standard InChI is InChI=1S/C23H22N2O5S/c1-15-12-16(2)22(17(3)13-15)31(28,29)25-14-18(19-6-4-5-7-20(19)25)8-9-21(26)24-10-11-30-23(24)27/h4-9,12-14H,10-11H2,1-3H3/b9-8+. The van der Waals surface area contributed by atoms with E-state index in [4.69, 9.17) is 4.74 Å². The van der Waals surface area contributed by atoms with Crippen LogP contribution in [0, 0.1) is 20.8 Å². The first-order valence-electron chi connectivity index (χ1n) is 9.80. The van der Waals surface area contributed by atoms with E-state index in [1.165, 1.54) is 22.3 Å². The van der Waals surface area contributed by atoms with Crippen molar-refractivity contribution < 1.29 is 22.7 Å². The minimum atomic E-state index is -3.87. The number of amides is 2. The van der Waals surface area contributed by atoms with E-state index in [2.05, 4.69) is 0 Å². The zero-order valence-electron chi connectivity index (χ0n) is 17.5. The normalized spacial score (nSPS) is 14.5. The maximum atomic E-state index is 13.6. The highest BCUT2D eigenvalue weighted by molar-refractivity contribution is 7.90. The number of carbonyl (C=O) groups excluding carboxylic acids is 2. The van der Waals surface area contributed by atoms with Gasteiger partial charge >= 0.3 is 6.09 Å². The van der Waals surface area contributed by atoms with E-state index in [-0.39, 0.29) is 18.0 Å². The van der Waals surface area contributed by atoms with Crippen molar-refractivity contribution in [2.75, 3.05) is 13.2 Å². The molecule has 0 N–H and O–H groups in total. The van der Waals surface area contributed by atoms with Crippen LogP contribution in [0.1, 0.15) is 22.3 Å². The zero-order chi connectivity index (χ0) is 22.3. The highest BCUT2D eigenvalue weighted by Gasteiger charge is 2.27. The maximum absolute atomic E-state index is 13.6. The third-order valence-electron chi connectivity index (χ3n) is 5.26. The number of hydrogen-bond donors (Lipinski definition) is 0. The number of imide groups is 1. The number of fused-ring (bicyclic) bond motifs is 1. The molecule has 1 aliphatic rings. The van der Waals surface area contributed by atoms with Crippen molar-refractivity contribution in [3.63, 3.8) is 0 Å². The fraction of sp³-hybridized carbons (Fsp3) is 0.217. The molecular weight excluding hydrogens is 416 g/mol. The van der Waals surface area contributed by atoms with Crippen molar-refractivity contribution in [2.45, 2.75) is 25.7 Å². The Balaban J connectivity index is 1.81. The second-order valence-corrected chi connectivity index (χ2v) is 9.32. The van der Waals surface area contributed by atoms with Crippen LogP contribution in [0.15, 0.2) is 53.6 Å². The van der Waals surface area contributed by atoms with Crippen molar-refractivity contribution >= 4 is 39.0 Å². The molecule has 0 atom stereocenters. The average molecular weight is 439 g/mol. The summed E-state index contributed by atoms with van der Waals surface area (Å²) in [6.45, 7) is 5.87. The van der Waals surface area contributed by atoms with Crippen LogP contribution in [0.4, 0.5) is 4.79 Å². The number of ether oxygens (including phenoxy) is 1. The number of para-hydroxylation sites is 1. The van der Waals surface area contributed by atoms with Gasteiger partial charge in [-0.3, -0.25) is 4.79 Å². The van der Waals surface area contributed by atoms with Gasteiger partial charge in [-0.05, 0) is 44.0 Å². The van der Waals surface area contributed by atoms with Crippen LogP contribution in [0.3, 0.4) is 0 Å². The third-order valence-corrected chi connectivity index (χ3v) is 7.24. The average Bonchev–Trinajstić information content (AvgIpc) is 3.29. The second kappa shape index (κ2) is 7.70. The Bertz CT molecular complexity index is 1330. The molecule has 160 valence electrons. The number of cyclic esters (lactones) is 1. The Hall–Kier alpha value is -3.39. The molecule has 0 bridgehead atoms. The summed E-state index contributed by atoms with van der Waals surface area (Å²) in [5.41, 5.74) is 3.41. The molecule has 1 aliphatic heterocycles. The molecule has 0 unspecified atom stereocenters. The molecule has 7 nitrogen and oxygen atoms in total. The molecule has 31 heavy (non-hydrogen) atoms. The molecule has 1 saturated heterocycles. The summed E-state index contributed by atoms with van der Waals surface area (Å²) in [5, 5.41) is 0.682. The number of carbonyl (C=O) groups is 2. The van der Waals surface area contributed by atoms with Gasteiger partial charge in [-0.15, -0.1) is 0 Å². The maximum Gasteiger partial charge on any atom is 0.416 e. The molecule has 2 heterocycles. The van der Waals surface area contributed by atoms with Gasteiger partial charge in [-0.25, -0.2) is 22.1 Å². The van der Waals surface area contributed by atoms with Gasteiger partial charge in [0.25, 0.3) is 15.9 Å². The highest BCUT2D eigenvalue weighted by Crippen LogP contribution is 2.30. The van der Waals surface area contributed by atoms with Gasteiger partial charge in [0.2, 0.25) is 0 Å². The molecule has 0 saturated carbocycles. The van der Waals surface area contributed by atoms with Gasteiger partial charge in [0, 0.05) is 23.2 Å². The summed E-state index contributed by atoms with van der Waals surface area (Å²) < 4.78 is 33.3. The summed E-state index contributed by atoms with van der Waals surface area (Å²) in [6, 6.07) is 10.8. The molecule has 1 aromatic heterocycles. The molecule has 1 fully saturated rings. The van der Waals surface area contributed by atoms with E-state index in [1.807, 2.05) is 19.1 Å². The molecule has 0 spiro atoms. The van der Waals surface area contributed by atoms with Crippen LogP contribution in [-0.4, -0.2) is 42.4 Å². The Morgan fingerprint density at radius 2 is 1.77 bits per heavy atom. The van der Waals surface area contributed by atoms with Gasteiger partial charge in [0.15, 0.2) is 0 Å². The van der Waals surface area contributed by atoms with Crippen LogP contribution >= 0.6 is 0 Å². The van der Waals surface area contributed by atoms with Crippen LogP contribution in [0.5, 0.6) is 0 Å². The molecule has 3 aromatic rings. The van der Waals surface area contributed by atoms with Crippen molar-refractivity contribution in [3.05, 3.63) is 70.9 Å². The van der Waals surface area contributed by atoms with E-state index >= 15 is 0 Å². The molecule has 2 amide bonds. The SMILES string of the molecule is Cc1cc(C)c(S(=O)(=O)n2cc(/C=C/C(=O)N3CCOC3=O)c3ccccc32)c(C)c1. The van der Waals surface area contributed by atoms with Gasteiger partial charge in [0.1, 0.15) is 6.61 Å². The summed E-state index contributed by atoms with van der Waals surface area (Å²) in [6.07, 6.45) is 3.61. The van der Waals surface area contributed by atoms with Crippen molar-refractivity contribution in [3.8, 4) is 0 Å². The fourth-order valence-electron chi connectivity index (χ4n) is 4.02. The molecule has 2 aromatic carbocycles. The van der Waals surface area contributed by atoms with Gasteiger partial charge < -0.3 is 4.74 Å². The minimum absolute atomic E-state index is 0.172. The molecule has 0 radical (unpaired) electrons. The van der Waals surface area contributed by atoms with Crippen molar-refractivity contribution in [1.29, 1.82) is 0 Å². The van der Waals surface area contributed by atoms with E-state index in [1.54, 1.807) is 38.1 Å². The monoisotopic (exact) mass is 438 g/mol. The number of hydrogen-bond acceptors (Lipinski definition) is 5. The Kier molecular flexibility index (Phi) is 5.18. The molecule has 4 rings (SSSR count). The summed E-state index contributed by atoms with van der Waals surface area (Å²) in [4.78, 5) is 25.2. The van der Waals surface area contributed by atoms with E-state index in [0.29, 0.717) is 27.6 Å². The summed E-state index contributed by atoms with van der Waals surface area (Å²) in [5.74, 6) is -0.507. The quantitative estimate of drug-likeness (QED) is 0.579. The van der Waals surface area contributed by atoms with Crippen LogP contribution in [0.25, 0.3) is 17.0 Å². The number of aryl methyl sites for hydroxylation is 3. The van der Waals surface area contributed by atoms with Crippen LogP contribution < -0.4 is 0 Å². The predicted octanol–water partition coefficient (Wildman–Crippen LogP) is 3.80. The van der Waals surface area contributed by atoms with E-state index in [0.717, 1.165) is 10.5 Å². The lowest BCUT2D eigenvalue weighted by Crippen LogP contribution is -2.29. The lowest BCUT2D eigenvalue weighted by molar-refractivity contribution is -0.122.